The van der Waals surface area contributed by atoms with E-state index in [0.29, 0.717) is 34.9 Å². The number of rotatable bonds is 6. The molecule has 0 aliphatic carbocycles. The van der Waals surface area contributed by atoms with Crippen LogP contribution in [0.15, 0.2) is 72.3 Å². The number of carbonyl (C=O) groups excluding carboxylic acids is 2. The molecule has 1 aliphatic rings. The number of Topliss-reactive ketones (excluding diaryl/α,β-unsaturated/α-hetero) is 1. The van der Waals surface area contributed by atoms with Crippen LogP contribution in [-0.4, -0.2) is 30.5 Å². The van der Waals surface area contributed by atoms with Crippen LogP contribution in [-0.2, 0) is 9.59 Å². The Labute approximate surface area is 199 Å². The summed E-state index contributed by atoms with van der Waals surface area (Å²) < 4.78 is 11.0. The van der Waals surface area contributed by atoms with E-state index in [4.69, 9.17) is 9.47 Å². The van der Waals surface area contributed by atoms with E-state index < -0.39 is 17.7 Å². The van der Waals surface area contributed by atoms with Crippen molar-refractivity contribution in [1.29, 1.82) is 0 Å². The van der Waals surface area contributed by atoms with Crippen molar-refractivity contribution in [3.8, 4) is 11.5 Å². The summed E-state index contributed by atoms with van der Waals surface area (Å²) in [6, 6.07) is 19.0. The van der Waals surface area contributed by atoms with Gasteiger partial charge in [0.25, 0.3) is 11.7 Å². The molecule has 1 amide bonds. The third-order valence-corrected chi connectivity index (χ3v) is 5.88. The Morgan fingerprint density at radius 1 is 1.00 bits per heavy atom. The minimum Gasteiger partial charge on any atom is -0.507 e. The van der Waals surface area contributed by atoms with Crippen LogP contribution in [0.3, 0.4) is 0 Å². The molecule has 0 saturated carbocycles. The predicted octanol–water partition coefficient (Wildman–Crippen LogP) is 5.34. The van der Waals surface area contributed by atoms with Crippen molar-refractivity contribution < 1.29 is 24.2 Å². The number of ether oxygens (including phenoxy) is 2. The molecule has 0 aromatic heterocycles. The normalized spacial score (nSPS) is 17.2. The van der Waals surface area contributed by atoms with Gasteiger partial charge in [-0.1, -0.05) is 24.3 Å². The second kappa shape index (κ2) is 9.43. The topological polar surface area (TPSA) is 76.1 Å². The van der Waals surface area contributed by atoms with Gasteiger partial charge in [-0.15, -0.1) is 0 Å². The number of carbonyl (C=O) groups is 2. The van der Waals surface area contributed by atoms with Gasteiger partial charge in [0.1, 0.15) is 17.3 Å². The summed E-state index contributed by atoms with van der Waals surface area (Å²) >= 11 is 0. The molecule has 1 atom stereocenters. The fourth-order valence-electron chi connectivity index (χ4n) is 4.31. The van der Waals surface area contributed by atoms with Crippen molar-refractivity contribution in [3.63, 3.8) is 0 Å². The zero-order valence-electron chi connectivity index (χ0n) is 19.7. The summed E-state index contributed by atoms with van der Waals surface area (Å²) in [7, 11) is 1.57. The Hall–Kier alpha value is -4.06. The maximum atomic E-state index is 13.3. The quantitative estimate of drug-likeness (QED) is 0.307. The SMILES string of the molecule is CCOc1cccc(C2/C(=C(\O)c3ccc(OC)c(C)c3)C(=O)C(=O)N2c2cccc(C)c2)c1. The average Bonchev–Trinajstić information content (AvgIpc) is 3.09. The summed E-state index contributed by atoms with van der Waals surface area (Å²) in [4.78, 5) is 28.1. The van der Waals surface area contributed by atoms with Crippen molar-refractivity contribution in [2.45, 2.75) is 26.8 Å². The van der Waals surface area contributed by atoms with Crippen molar-refractivity contribution in [2.24, 2.45) is 0 Å². The van der Waals surface area contributed by atoms with Gasteiger partial charge in [-0.3, -0.25) is 14.5 Å². The van der Waals surface area contributed by atoms with E-state index in [1.54, 1.807) is 37.4 Å². The molecule has 1 heterocycles. The van der Waals surface area contributed by atoms with E-state index in [0.717, 1.165) is 11.1 Å². The van der Waals surface area contributed by atoms with Crippen LogP contribution >= 0.6 is 0 Å². The van der Waals surface area contributed by atoms with E-state index in [9.17, 15) is 14.7 Å². The maximum Gasteiger partial charge on any atom is 0.300 e. The predicted molar refractivity (Wildman–Crippen MR) is 131 cm³/mol. The van der Waals surface area contributed by atoms with Crippen LogP contribution in [0.5, 0.6) is 11.5 Å². The summed E-state index contributed by atoms with van der Waals surface area (Å²) in [6.07, 6.45) is 0. The number of aryl methyl sites for hydroxylation is 2. The van der Waals surface area contributed by atoms with Gasteiger partial charge in [0.2, 0.25) is 0 Å². The van der Waals surface area contributed by atoms with Crippen LogP contribution < -0.4 is 14.4 Å². The fraction of sp³-hybridized carbons (Fsp3) is 0.214. The van der Waals surface area contributed by atoms with Crippen molar-refractivity contribution >= 4 is 23.1 Å². The molecule has 0 radical (unpaired) electrons. The Balaban J connectivity index is 1.94. The molecule has 1 unspecified atom stereocenters. The zero-order valence-corrected chi connectivity index (χ0v) is 19.7. The van der Waals surface area contributed by atoms with Crippen LogP contribution in [0.25, 0.3) is 5.76 Å². The second-order valence-electron chi connectivity index (χ2n) is 8.20. The minimum absolute atomic E-state index is 0.0321. The first-order valence-corrected chi connectivity index (χ1v) is 11.1. The highest BCUT2D eigenvalue weighted by molar-refractivity contribution is 6.51. The lowest BCUT2D eigenvalue weighted by Gasteiger charge is -2.26. The maximum absolute atomic E-state index is 13.3. The monoisotopic (exact) mass is 457 g/mol. The summed E-state index contributed by atoms with van der Waals surface area (Å²) in [5, 5.41) is 11.3. The second-order valence-corrected chi connectivity index (χ2v) is 8.20. The van der Waals surface area contributed by atoms with E-state index in [-0.39, 0.29) is 11.3 Å². The lowest BCUT2D eigenvalue weighted by molar-refractivity contribution is -0.132. The first kappa shape index (κ1) is 23.1. The van der Waals surface area contributed by atoms with Crippen LogP contribution in [0.4, 0.5) is 5.69 Å². The molecule has 0 bridgehead atoms. The molecule has 6 heteroatoms. The summed E-state index contributed by atoms with van der Waals surface area (Å²) in [6.45, 7) is 6.14. The fourth-order valence-corrected chi connectivity index (χ4v) is 4.31. The molecular formula is C28H27NO5. The van der Waals surface area contributed by atoms with Crippen LogP contribution in [0.2, 0.25) is 0 Å². The van der Waals surface area contributed by atoms with Crippen molar-refractivity contribution in [1.82, 2.24) is 0 Å². The molecule has 1 aliphatic heterocycles. The number of nitrogens with zero attached hydrogens (tertiary/aromatic N) is 1. The number of anilines is 1. The third kappa shape index (κ3) is 4.15. The lowest BCUT2D eigenvalue weighted by atomic mass is 9.94. The average molecular weight is 458 g/mol. The van der Waals surface area contributed by atoms with E-state index >= 15 is 0 Å². The smallest absolute Gasteiger partial charge is 0.300 e. The number of aliphatic hydroxyl groups excluding tert-OH is 1. The van der Waals surface area contributed by atoms with E-state index in [1.165, 1.54) is 4.90 Å². The number of benzene rings is 3. The highest BCUT2D eigenvalue weighted by Crippen LogP contribution is 2.43. The Morgan fingerprint density at radius 2 is 1.76 bits per heavy atom. The third-order valence-electron chi connectivity index (χ3n) is 5.88. The zero-order chi connectivity index (χ0) is 24.4. The number of hydrogen-bond acceptors (Lipinski definition) is 5. The van der Waals surface area contributed by atoms with Crippen LogP contribution in [0, 0.1) is 13.8 Å². The molecule has 1 N–H and O–H groups in total. The number of hydrogen-bond donors (Lipinski definition) is 1. The van der Waals surface area contributed by atoms with Gasteiger partial charge in [0, 0.05) is 11.3 Å². The van der Waals surface area contributed by atoms with Crippen molar-refractivity contribution in [2.75, 3.05) is 18.6 Å². The molecule has 174 valence electrons. The number of methoxy groups -OCH3 is 1. The summed E-state index contributed by atoms with van der Waals surface area (Å²) in [5.41, 5.74) is 3.47. The van der Waals surface area contributed by atoms with Gasteiger partial charge in [0.15, 0.2) is 0 Å². The first-order valence-electron chi connectivity index (χ1n) is 11.1. The molecule has 34 heavy (non-hydrogen) atoms. The van der Waals surface area contributed by atoms with Crippen LogP contribution in [0.1, 0.15) is 35.2 Å². The molecule has 3 aromatic carbocycles. The first-order chi connectivity index (χ1) is 16.3. The highest BCUT2D eigenvalue weighted by atomic mass is 16.5. The molecular weight excluding hydrogens is 430 g/mol. The standard InChI is InChI=1S/C28H27NO5/c1-5-34-22-11-7-9-19(16-22)25-24(26(30)20-12-13-23(33-4)18(3)15-20)27(31)28(32)29(25)21-10-6-8-17(2)14-21/h6-16,25,30H,5H2,1-4H3/b26-24+. The Bertz CT molecular complexity index is 1290. The molecule has 1 fully saturated rings. The number of amides is 1. The Kier molecular flexibility index (Phi) is 6.41. The molecule has 0 spiro atoms. The van der Waals surface area contributed by atoms with Crippen molar-refractivity contribution in [3.05, 3.63) is 94.6 Å². The number of aliphatic hydroxyl groups is 1. The summed E-state index contributed by atoms with van der Waals surface area (Å²) in [5.74, 6) is -0.373. The van der Waals surface area contributed by atoms with E-state index in [2.05, 4.69) is 0 Å². The molecule has 6 nitrogen and oxygen atoms in total. The molecule has 4 rings (SSSR count). The minimum atomic E-state index is -0.815. The Morgan fingerprint density at radius 3 is 2.44 bits per heavy atom. The van der Waals surface area contributed by atoms with Gasteiger partial charge in [-0.2, -0.15) is 0 Å². The van der Waals surface area contributed by atoms with Gasteiger partial charge < -0.3 is 14.6 Å². The molecule has 3 aromatic rings. The largest absolute Gasteiger partial charge is 0.507 e. The van der Waals surface area contributed by atoms with Gasteiger partial charge in [-0.25, -0.2) is 0 Å². The van der Waals surface area contributed by atoms with Gasteiger partial charge >= 0.3 is 0 Å². The molecule has 1 saturated heterocycles. The highest BCUT2D eigenvalue weighted by Gasteiger charge is 2.47. The van der Waals surface area contributed by atoms with Gasteiger partial charge in [0.05, 0.1) is 25.3 Å². The van der Waals surface area contributed by atoms with E-state index in [1.807, 2.05) is 57.2 Å². The number of ketones is 1. The van der Waals surface area contributed by atoms with Gasteiger partial charge in [-0.05, 0) is 79.9 Å². The lowest BCUT2D eigenvalue weighted by Crippen LogP contribution is -2.29.